The summed E-state index contributed by atoms with van der Waals surface area (Å²) in [6, 6.07) is 8.89. The largest absolute Gasteiger partial charge is 0.476 e. The number of nitrogens with one attached hydrogen (secondary N) is 2. The highest BCUT2D eigenvalue weighted by Crippen LogP contribution is 2.40. The van der Waals surface area contributed by atoms with Crippen molar-refractivity contribution >= 4 is 35.1 Å². The van der Waals surface area contributed by atoms with E-state index in [1.165, 1.54) is 44.1 Å². The van der Waals surface area contributed by atoms with E-state index in [-0.39, 0.29) is 29.8 Å². The molecule has 0 fully saturated rings. The number of ether oxygens (including phenoxy) is 3. The number of halogens is 3. The summed E-state index contributed by atoms with van der Waals surface area (Å²) in [5, 5.41) is 5.05. The number of alkyl halides is 3. The first-order valence-corrected chi connectivity index (χ1v) is 13.5. The normalized spacial score (nSPS) is 13.2. The zero-order valence-corrected chi connectivity index (χ0v) is 25.0. The molecule has 234 valence electrons. The van der Waals surface area contributed by atoms with Gasteiger partial charge in [0, 0.05) is 30.9 Å². The van der Waals surface area contributed by atoms with Crippen LogP contribution in [-0.4, -0.2) is 45.6 Å². The number of esters is 1. The number of aromatic nitrogens is 2. The zero-order valence-electron chi connectivity index (χ0n) is 25.0. The summed E-state index contributed by atoms with van der Waals surface area (Å²) in [7, 11) is 0. The van der Waals surface area contributed by atoms with Crippen LogP contribution in [0.5, 0.6) is 17.4 Å². The summed E-state index contributed by atoms with van der Waals surface area (Å²) >= 11 is 0. The van der Waals surface area contributed by atoms with E-state index in [0.717, 1.165) is 17.7 Å². The number of urea groups is 1. The lowest BCUT2D eigenvalue weighted by atomic mass is 10.1. The van der Waals surface area contributed by atoms with Crippen LogP contribution in [0, 0.1) is 0 Å². The van der Waals surface area contributed by atoms with Crippen molar-refractivity contribution in [3.05, 3.63) is 59.9 Å². The minimum Gasteiger partial charge on any atom is -0.476 e. The minimum atomic E-state index is -4.84. The molecule has 14 heteroatoms. The van der Waals surface area contributed by atoms with Crippen LogP contribution in [0.1, 0.15) is 52.7 Å². The lowest BCUT2D eigenvalue weighted by Crippen LogP contribution is -2.43. The van der Waals surface area contributed by atoms with Gasteiger partial charge in [-0.3, -0.25) is 9.69 Å². The molecule has 1 aliphatic rings. The Bertz CT molecular complexity index is 1590. The Morgan fingerprint density at radius 1 is 0.932 bits per heavy atom. The molecule has 1 aromatic heterocycles. The quantitative estimate of drug-likeness (QED) is 0.295. The monoisotopic (exact) mass is 615 g/mol. The van der Waals surface area contributed by atoms with Crippen molar-refractivity contribution in [2.24, 2.45) is 0 Å². The van der Waals surface area contributed by atoms with Gasteiger partial charge in [0.05, 0.1) is 5.56 Å². The summed E-state index contributed by atoms with van der Waals surface area (Å²) in [5.74, 6) is -0.822. The van der Waals surface area contributed by atoms with Crippen molar-refractivity contribution in [1.82, 2.24) is 9.97 Å². The standard InChI is InChI=1S/C30H32F3N5O6/c1-17(39)36-24-15-25(35-16-34-24)42-20-8-9-22-18(13-20)11-12-38(22)27(41)37-19-7-10-23(21(14-19)30(31,32)33)43-29(5,6)26(40)44-28(2,3)4/h7-10,13-16H,11-12H2,1-6H3,(H,37,41)(H,34,35,36,39). The Morgan fingerprint density at radius 2 is 1.66 bits per heavy atom. The first-order valence-electron chi connectivity index (χ1n) is 13.5. The molecule has 0 saturated heterocycles. The van der Waals surface area contributed by atoms with Gasteiger partial charge in [0.2, 0.25) is 11.8 Å². The van der Waals surface area contributed by atoms with Crippen LogP contribution in [-0.2, 0) is 26.9 Å². The molecule has 0 bridgehead atoms. The molecule has 0 atom stereocenters. The van der Waals surface area contributed by atoms with Gasteiger partial charge in [-0.15, -0.1) is 0 Å². The van der Waals surface area contributed by atoms with Crippen molar-refractivity contribution in [1.29, 1.82) is 0 Å². The van der Waals surface area contributed by atoms with Gasteiger partial charge in [0.15, 0.2) is 5.60 Å². The van der Waals surface area contributed by atoms with Crippen molar-refractivity contribution in [3.8, 4) is 17.4 Å². The van der Waals surface area contributed by atoms with Crippen LogP contribution in [0.4, 0.5) is 35.2 Å². The van der Waals surface area contributed by atoms with Gasteiger partial charge in [-0.05, 0) is 83.0 Å². The van der Waals surface area contributed by atoms with E-state index in [1.807, 2.05) is 0 Å². The zero-order chi connectivity index (χ0) is 32.4. The van der Waals surface area contributed by atoms with Crippen LogP contribution in [0.25, 0.3) is 0 Å². The van der Waals surface area contributed by atoms with Gasteiger partial charge in [-0.25, -0.2) is 19.6 Å². The Kier molecular flexibility index (Phi) is 8.75. The predicted molar refractivity (Wildman–Crippen MR) is 155 cm³/mol. The van der Waals surface area contributed by atoms with E-state index in [2.05, 4.69) is 20.6 Å². The number of carbonyl (C=O) groups is 3. The number of hydrogen-bond donors (Lipinski definition) is 2. The van der Waals surface area contributed by atoms with E-state index in [4.69, 9.17) is 14.2 Å². The fourth-order valence-electron chi connectivity index (χ4n) is 4.24. The molecule has 3 aromatic rings. The van der Waals surface area contributed by atoms with E-state index in [0.29, 0.717) is 17.9 Å². The highest BCUT2D eigenvalue weighted by atomic mass is 19.4. The fourth-order valence-corrected chi connectivity index (χ4v) is 4.24. The number of nitrogens with zero attached hydrogens (tertiary/aromatic N) is 3. The molecule has 0 spiro atoms. The molecule has 1 aliphatic heterocycles. The lowest BCUT2D eigenvalue weighted by Gasteiger charge is -2.30. The van der Waals surface area contributed by atoms with Gasteiger partial charge in [0.1, 0.15) is 29.2 Å². The number of fused-ring (bicyclic) bond motifs is 1. The molecule has 0 unspecified atom stereocenters. The summed E-state index contributed by atoms with van der Waals surface area (Å²) in [6.45, 7) is 9.16. The Morgan fingerprint density at radius 3 is 2.32 bits per heavy atom. The first kappa shape index (κ1) is 32.0. The fraction of sp³-hybridized carbons (Fsp3) is 0.367. The molecule has 4 rings (SSSR count). The van der Waals surface area contributed by atoms with Gasteiger partial charge in [-0.2, -0.15) is 13.2 Å². The number of anilines is 3. The Hall–Kier alpha value is -4.88. The third kappa shape index (κ3) is 7.94. The van der Waals surface area contributed by atoms with Crippen LogP contribution in [0.15, 0.2) is 48.8 Å². The molecule has 44 heavy (non-hydrogen) atoms. The van der Waals surface area contributed by atoms with Crippen LogP contribution >= 0.6 is 0 Å². The maximum absolute atomic E-state index is 14.0. The van der Waals surface area contributed by atoms with Crippen molar-refractivity contribution in [3.63, 3.8) is 0 Å². The Labute approximate surface area is 251 Å². The van der Waals surface area contributed by atoms with E-state index in [1.54, 1.807) is 39.0 Å². The molecule has 0 aliphatic carbocycles. The second-order valence-electron chi connectivity index (χ2n) is 11.5. The molecule has 2 N–H and O–H groups in total. The summed E-state index contributed by atoms with van der Waals surface area (Å²) < 4.78 is 58.6. The maximum atomic E-state index is 14.0. The SMILES string of the molecule is CC(=O)Nc1cc(Oc2ccc3c(c2)CCN3C(=O)Nc2ccc(OC(C)(C)C(=O)OC(C)(C)C)c(C(F)(F)F)c2)ncn1. The van der Waals surface area contributed by atoms with E-state index in [9.17, 15) is 27.6 Å². The number of rotatable bonds is 7. The van der Waals surface area contributed by atoms with Gasteiger partial charge in [0.25, 0.3) is 0 Å². The highest BCUT2D eigenvalue weighted by molar-refractivity contribution is 6.03. The Balaban J connectivity index is 1.48. The molecule has 3 amide bonds. The lowest BCUT2D eigenvalue weighted by molar-refractivity contribution is -0.172. The maximum Gasteiger partial charge on any atom is 0.420 e. The molecule has 2 heterocycles. The molecular formula is C30H32F3N5O6. The third-order valence-electron chi connectivity index (χ3n) is 6.15. The molecule has 11 nitrogen and oxygen atoms in total. The second kappa shape index (κ2) is 12.0. The average Bonchev–Trinajstić information content (AvgIpc) is 3.31. The number of carbonyl (C=O) groups excluding carboxylic acids is 3. The first-order chi connectivity index (χ1) is 20.4. The summed E-state index contributed by atoms with van der Waals surface area (Å²) in [6.07, 6.45) is -3.13. The van der Waals surface area contributed by atoms with Crippen LogP contribution in [0.3, 0.4) is 0 Å². The smallest absolute Gasteiger partial charge is 0.420 e. The average molecular weight is 616 g/mol. The number of amides is 3. The van der Waals surface area contributed by atoms with E-state index >= 15 is 0 Å². The molecule has 0 radical (unpaired) electrons. The minimum absolute atomic E-state index is 0.114. The second-order valence-corrected chi connectivity index (χ2v) is 11.5. The molecule has 2 aromatic carbocycles. The van der Waals surface area contributed by atoms with Gasteiger partial charge < -0.3 is 24.8 Å². The van der Waals surface area contributed by atoms with E-state index < -0.39 is 40.7 Å². The highest BCUT2D eigenvalue weighted by Gasteiger charge is 2.40. The van der Waals surface area contributed by atoms with Crippen molar-refractivity contribution in [2.75, 3.05) is 22.1 Å². The number of hydrogen-bond acceptors (Lipinski definition) is 8. The predicted octanol–water partition coefficient (Wildman–Crippen LogP) is 6.34. The van der Waals surface area contributed by atoms with Crippen molar-refractivity contribution in [2.45, 2.75) is 65.3 Å². The third-order valence-corrected chi connectivity index (χ3v) is 6.15. The van der Waals surface area contributed by atoms with Gasteiger partial charge in [-0.1, -0.05) is 0 Å². The van der Waals surface area contributed by atoms with Gasteiger partial charge >= 0.3 is 18.2 Å². The summed E-state index contributed by atoms with van der Waals surface area (Å²) in [5.41, 5.74) is -2.53. The number of benzene rings is 2. The van der Waals surface area contributed by atoms with Crippen LogP contribution < -0.4 is 25.0 Å². The van der Waals surface area contributed by atoms with Crippen molar-refractivity contribution < 1.29 is 41.8 Å². The van der Waals surface area contributed by atoms with Crippen LogP contribution in [0.2, 0.25) is 0 Å². The topological polar surface area (TPSA) is 132 Å². The molecular weight excluding hydrogens is 583 g/mol. The summed E-state index contributed by atoms with van der Waals surface area (Å²) in [4.78, 5) is 46.3. The molecule has 0 saturated carbocycles.